The van der Waals surface area contributed by atoms with Crippen LogP contribution in [0.3, 0.4) is 0 Å². The second-order valence-electron chi connectivity index (χ2n) is 6.32. The number of allylic oxidation sites excluding steroid dienone is 8. The SMILES string of the molecule is CC(C)=CCC/C(C)=C/CC/C=C(\C)CCC=C(C)C.[H-].[H-].[H-].[H-].[Na+].[Na+].[Na+].[Na+]. The van der Waals surface area contributed by atoms with E-state index in [9.17, 15) is 0 Å². The molecule has 0 aromatic heterocycles. The number of rotatable bonds is 9. The second-order valence-corrected chi connectivity index (χ2v) is 6.32. The van der Waals surface area contributed by atoms with Gasteiger partial charge in [0.15, 0.2) is 0 Å². The molecule has 0 N–H and O–H groups in total. The van der Waals surface area contributed by atoms with Crippen LogP contribution in [0.1, 0.15) is 85.8 Å². The third kappa shape index (κ3) is 29.7. The van der Waals surface area contributed by atoms with Crippen LogP contribution in [0.5, 0.6) is 0 Å². The van der Waals surface area contributed by atoms with Crippen LogP contribution in [0.15, 0.2) is 46.6 Å². The molecule has 0 saturated carbocycles. The Bertz CT molecular complexity index is 361. The van der Waals surface area contributed by atoms with E-state index in [1.165, 1.54) is 60.8 Å². The van der Waals surface area contributed by atoms with Crippen molar-refractivity contribution in [3.05, 3.63) is 46.6 Å². The fourth-order valence-electron chi connectivity index (χ4n) is 2.04. The zero-order valence-corrected chi connectivity index (χ0v) is 26.6. The largest absolute Gasteiger partial charge is 1.00 e. The number of hydrogen-bond acceptors (Lipinski definition) is 0. The predicted molar refractivity (Wildman–Crippen MR) is 98.5 cm³/mol. The van der Waals surface area contributed by atoms with Crippen LogP contribution >= 0.6 is 0 Å². The first-order chi connectivity index (χ1) is 9.41. The van der Waals surface area contributed by atoms with Gasteiger partial charge in [-0.3, -0.25) is 0 Å². The van der Waals surface area contributed by atoms with E-state index in [1.54, 1.807) is 0 Å². The standard InChI is InChI=1S/C20H34.4Na.4H/c1-17(2)11-9-15-19(5)13-7-8-14-20(6)16-10-12-18(3)4;;;;;;;;/h11-14H,7-10,15-16H2,1-6H3;;;;;;;;/q;4*+1;4*-1/b19-13+,20-14+;;;;;;;;. The maximum atomic E-state index is 2.40. The monoisotopic (exact) mass is 370 g/mol. The molecule has 4 heteroatoms. The van der Waals surface area contributed by atoms with Gasteiger partial charge in [-0.1, -0.05) is 46.6 Å². The summed E-state index contributed by atoms with van der Waals surface area (Å²) < 4.78 is 0. The Hall–Kier alpha value is 2.96. The van der Waals surface area contributed by atoms with E-state index in [0.29, 0.717) is 0 Å². The van der Waals surface area contributed by atoms with Crippen LogP contribution in [0.4, 0.5) is 0 Å². The fraction of sp³-hybridized carbons (Fsp3) is 0.600. The van der Waals surface area contributed by atoms with Gasteiger partial charge in [0.05, 0.1) is 0 Å². The van der Waals surface area contributed by atoms with Crippen LogP contribution < -0.4 is 118 Å². The van der Waals surface area contributed by atoms with Gasteiger partial charge in [-0.2, -0.15) is 0 Å². The van der Waals surface area contributed by atoms with Crippen molar-refractivity contribution in [3.8, 4) is 0 Å². The molecule has 0 aliphatic carbocycles. The maximum Gasteiger partial charge on any atom is 1.00 e. The van der Waals surface area contributed by atoms with E-state index in [4.69, 9.17) is 0 Å². The summed E-state index contributed by atoms with van der Waals surface area (Å²) in [7, 11) is 0. The van der Waals surface area contributed by atoms with Gasteiger partial charge in [-0.05, 0) is 80.1 Å². The van der Waals surface area contributed by atoms with Crippen molar-refractivity contribution in [1.82, 2.24) is 0 Å². The van der Waals surface area contributed by atoms with Crippen molar-refractivity contribution in [2.75, 3.05) is 0 Å². The molecule has 0 fully saturated rings. The molecule has 0 amide bonds. The van der Waals surface area contributed by atoms with Crippen LogP contribution in [-0.4, -0.2) is 0 Å². The molecule has 0 heterocycles. The summed E-state index contributed by atoms with van der Waals surface area (Å²) in [6, 6.07) is 0. The van der Waals surface area contributed by atoms with E-state index < -0.39 is 0 Å². The molecule has 0 atom stereocenters. The normalized spacial score (nSPS) is 10.2. The predicted octanol–water partition coefficient (Wildman–Crippen LogP) is -4.38. The van der Waals surface area contributed by atoms with Crippen LogP contribution in [0.2, 0.25) is 0 Å². The minimum absolute atomic E-state index is 0. The van der Waals surface area contributed by atoms with Gasteiger partial charge in [-0.15, -0.1) is 0 Å². The molecule has 0 rings (SSSR count). The van der Waals surface area contributed by atoms with Crippen molar-refractivity contribution in [1.29, 1.82) is 0 Å². The molecule has 0 nitrogen and oxygen atoms in total. The first-order valence-corrected chi connectivity index (χ1v) is 7.99. The van der Waals surface area contributed by atoms with Crippen molar-refractivity contribution in [2.45, 2.75) is 80.1 Å². The maximum absolute atomic E-state index is 2.40. The molecule has 0 aliphatic rings. The van der Waals surface area contributed by atoms with Gasteiger partial charge in [0, 0.05) is 0 Å². The molecular formula is C20H38Na4. The van der Waals surface area contributed by atoms with Gasteiger partial charge in [0.1, 0.15) is 0 Å². The molecule has 0 saturated heterocycles. The van der Waals surface area contributed by atoms with Gasteiger partial charge in [0.25, 0.3) is 0 Å². The van der Waals surface area contributed by atoms with Gasteiger partial charge in [-0.25, -0.2) is 0 Å². The molecular weight excluding hydrogens is 332 g/mol. The van der Waals surface area contributed by atoms with Crippen molar-refractivity contribution < 1.29 is 124 Å². The Labute approximate surface area is 247 Å². The Morgan fingerprint density at radius 2 is 0.792 bits per heavy atom. The topological polar surface area (TPSA) is 0 Å². The second kappa shape index (κ2) is 26.0. The average Bonchev–Trinajstić information content (AvgIpc) is 2.33. The summed E-state index contributed by atoms with van der Waals surface area (Å²) in [6.45, 7) is 13.2. The quantitative estimate of drug-likeness (QED) is 0.219. The van der Waals surface area contributed by atoms with Crippen molar-refractivity contribution >= 4 is 0 Å². The zero-order chi connectivity index (χ0) is 15.4. The minimum atomic E-state index is 0. The summed E-state index contributed by atoms with van der Waals surface area (Å²) in [6.07, 6.45) is 16.6. The van der Waals surface area contributed by atoms with Gasteiger partial charge >= 0.3 is 118 Å². The number of unbranched alkanes of at least 4 members (excludes halogenated alkanes) is 1. The third-order valence-electron chi connectivity index (χ3n) is 3.33. The zero-order valence-electron chi connectivity index (χ0n) is 22.6. The summed E-state index contributed by atoms with van der Waals surface area (Å²) in [4.78, 5) is 0. The Morgan fingerprint density at radius 3 is 1.04 bits per heavy atom. The molecule has 122 valence electrons. The number of hydrogen-bond donors (Lipinski definition) is 0. The molecule has 0 radical (unpaired) electrons. The summed E-state index contributed by atoms with van der Waals surface area (Å²) in [5.74, 6) is 0. The summed E-state index contributed by atoms with van der Waals surface area (Å²) in [5, 5.41) is 0. The molecule has 0 aliphatic heterocycles. The molecule has 0 bridgehead atoms. The Morgan fingerprint density at radius 1 is 0.500 bits per heavy atom. The van der Waals surface area contributed by atoms with Crippen molar-refractivity contribution in [2.24, 2.45) is 0 Å². The molecule has 0 aromatic rings. The molecule has 0 aromatic carbocycles. The van der Waals surface area contributed by atoms with Gasteiger partial charge < -0.3 is 5.71 Å². The molecule has 0 unspecified atom stereocenters. The van der Waals surface area contributed by atoms with E-state index in [-0.39, 0.29) is 124 Å². The third-order valence-corrected chi connectivity index (χ3v) is 3.33. The first kappa shape index (κ1) is 37.7. The van der Waals surface area contributed by atoms with Crippen LogP contribution in [0, 0.1) is 0 Å². The summed E-state index contributed by atoms with van der Waals surface area (Å²) >= 11 is 0. The smallest absolute Gasteiger partial charge is 1.00 e. The molecule has 0 spiro atoms. The van der Waals surface area contributed by atoms with E-state index >= 15 is 0 Å². The van der Waals surface area contributed by atoms with E-state index in [1.807, 2.05) is 0 Å². The fourth-order valence-corrected chi connectivity index (χ4v) is 2.04. The Balaban J connectivity index is -0.0000000645. The van der Waals surface area contributed by atoms with Gasteiger partial charge in [0.2, 0.25) is 0 Å². The van der Waals surface area contributed by atoms with E-state index in [0.717, 1.165) is 0 Å². The minimum Gasteiger partial charge on any atom is -1.00 e. The van der Waals surface area contributed by atoms with Crippen LogP contribution in [0.25, 0.3) is 0 Å². The van der Waals surface area contributed by atoms with E-state index in [2.05, 4.69) is 65.8 Å². The van der Waals surface area contributed by atoms with Crippen LogP contribution in [-0.2, 0) is 0 Å². The first-order valence-electron chi connectivity index (χ1n) is 7.99. The summed E-state index contributed by atoms with van der Waals surface area (Å²) in [5.41, 5.74) is 5.90. The average molecular weight is 370 g/mol. The van der Waals surface area contributed by atoms with Crippen molar-refractivity contribution in [3.63, 3.8) is 0 Å². The molecule has 24 heavy (non-hydrogen) atoms. The Kier molecular flexibility index (Phi) is 40.8.